The molecule has 2 aromatic carbocycles. The number of carbonyl (C=O) groups is 1. The molecule has 0 aliphatic carbocycles. The van der Waals surface area contributed by atoms with Gasteiger partial charge >= 0.3 is 6.18 Å². The molecule has 1 saturated heterocycles. The number of nitriles is 1. The third-order valence-electron chi connectivity index (χ3n) is 4.37. The number of anilines is 1. The zero-order valence-corrected chi connectivity index (χ0v) is 17.0. The lowest BCUT2D eigenvalue weighted by atomic mass is 10.1. The first-order valence-corrected chi connectivity index (χ1v) is 11.3. The van der Waals surface area contributed by atoms with Crippen LogP contribution in [-0.4, -0.2) is 43.3 Å². The lowest BCUT2D eigenvalue weighted by Crippen LogP contribution is -2.45. The number of alkyl halides is 3. The second kappa shape index (κ2) is 8.57. The van der Waals surface area contributed by atoms with Crippen LogP contribution in [0.5, 0.6) is 0 Å². The minimum Gasteiger partial charge on any atom is -0.321 e. The van der Waals surface area contributed by atoms with E-state index in [0.717, 1.165) is 18.2 Å². The van der Waals surface area contributed by atoms with Crippen LogP contribution in [0.2, 0.25) is 0 Å². The van der Waals surface area contributed by atoms with Crippen molar-refractivity contribution in [2.75, 3.05) is 22.8 Å². The van der Waals surface area contributed by atoms with Gasteiger partial charge in [0.05, 0.1) is 16.5 Å². The van der Waals surface area contributed by atoms with Crippen LogP contribution in [0.1, 0.15) is 15.9 Å². The Hall–Kier alpha value is -2.71. The zero-order valence-electron chi connectivity index (χ0n) is 15.4. The summed E-state index contributed by atoms with van der Waals surface area (Å²) in [7, 11) is -4.31. The Balaban J connectivity index is 1.84. The van der Waals surface area contributed by atoms with Gasteiger partial charge in [-0.2, -0.15) is 30.2 Å². The van der Waals surface area contributed by atoms with E-state index in [1.165, 1.54) is 29.2 Å². The van der Waals surface area contributed by atoms with E-state index in [0.29, 0.717) is 24.1 Å². The Morgan fingerprint density at radius 3 is 2.63 bits per heavy atom. The molecule has 1 aliphatic rings. The fraction of sp³-hybridized carbons (Fsp3) is 0.263. The average Bonchev–Trinajstić information content (AvgIpc) is 2.72. The molecular formula is C19H16F3N3O3S2. The minimum absolute atomic E-state index is 0.0261. The normalized spacial score (nSPS) is 17.3. The minimum atomic E-state index is -4.68. The number of nitrogens with one attached hydrogen (secondary N) is 1. The molecule has 1 heterocycles. The topological polar surface area (TPSA) is 90.3 Å². The highest BCUT2D eigenvalue weighted by atomic mass is 32.2. The first kappa shape index (κ1) is 22.0. The first-order chi connectivity index (χ1) is 14.1. The van der Waals surface area contributed by atoms with Gasteiger partial charge in [-0.3, -0.25) is 9.52 Å². The predicted molar refractivity (Wildman–Crippen MR) is 106 cm³/mol. The molecule has 1 atom stereocenters. The Morgan fingerprint density at radius 2 is 1.93 bits per heavy atom. The molecule has 2 aromatic rings. The Kier molecular flexibility index (Phi) is 6.28. The van der Waals surface area contributed by atoms with Crippen LogP contribution in [0.15, 0.2) is 53.4 Å². The number of hydrogen-bond donors (Lipinski definition) is 1. The molecule has 1 fully saturated rings. The summed E-state index contributed by atoms with van der Waals surface area (Å²) in [5.74, 6) is 0.762. The number of hydrogen-bond acceptors (Lipinski definition) is 5. The van der Waals surface area contributed by atoms with E-state index in [1.54, 1.807) is 11.8 Å². The molecule has 1 unspecified atom stereocenters. The van der Waals surface area contributed by atoms with E-state index in [9.17, 15) is 31.6 Å². The van der Waals surface area contributed by atoms with E-state index in [2.05, 4.69) is 10.8 Å². The number of carbonyl (C=O) groups excluding carboxylic acids is 1. The zero-order chi connectivity index (χ0) is 21.9. The Morgan fingerprint density at radius 1 is 1.20 bits per heavy atom. The second-order valence-electron chi connectivity index (χ2n) is 6.43. The molecule has 30 heavy (non-hydrogen) atoms. The summed E-state index contributed by atoms with van der Waals surface area (Å²) in [6.07, 6.45) is -4.68. The van der Waals surface area contributed by atoms with Gasteiger partial charge in [-0.1, -0.05) is 12.1 Å². The SMILES string of the molecule is N#CC1CSCCN1C(=O)c1cccc(NS(=O)(=O)c2cccc(C(F)(F)F)c2)c1. The van der Waals surface area contributed by atoms with Crippen molar-refractivity contribution >= 4 is 33.4 Å². The largest absolute Gasteiger partial charge is 0.416 e. The van der Waals surface area contributed by atoms with Crippen LogP contribution in [-0.2, 0) is 16.2 Å². The molecule has 0 radical (unpaired) electrons. The number of halogens is 3. The van der Waals surface area contributed by atoms with Crippen molar-refractivity contribution in [3.8, 4) is 6.07 Å². The fourth-order valence-electron chi connectivity index (χ4n) is 2.89. The molecule has 0 saturated carbocycles. The van der Waals surface area contributed by atoms with Crippen molar-refractivity contribution in [1.82, 2.24) is 4.90 Å². The maximum atomic E-state index is 12.9. The molecule has 1 aliphatic heterocycles. The van der Waals surface area contributed by atoms with E-state index in [1.807, 2.05) is 0 Å². The van der Waals surface area contributed by atoms with Gasteiger partial charge in [-0.05, 0) is 36.4 Å². The van der Waals surface area contributed by atoms with Gasteiger partial charge in [-0.15, -0.1) is 0 Å². The smallest absolute Gasteiger partial charge is 0.321 e. The summed E-state index contributed by atoms with van der Waals surface area (Å²) in [5.41, 5.74) is -0.885. The quantitative estimate of drug-likeness (QED) is 0.761. The van der Waals surface area contributed by atoms with Gasteiger partial charge in [0.15, 0.2) is 0 Å². The third-order valence-corrected chi connectivity index (χ3v) is 6.77. The first-order valence-electron chi connectivity index (χ1n) is 8.70. The van der Waals surface area contributed by atoms with Crippen molar-refractivity contribution in [2.45, 2.75) is 17.1 Å². The summed E-state index contributed by atoms with van der Waals surface area (Å²) in [6, 6.07) is 10.5. The number of rotatable bonds is 4. The highest BCUT2D eigenvalue weighted by molar-refractivity contribution is 7.99. The van der Waals surface area contributed by atoms with Gasteiger partial charge in [0, 0.05) is 29.3 Å². The van der Waals surface area contributed by atoms with Gasteiger partial charge < -0.3 is 4.90 Å². The summed E-state index contributed by atoms with van der Waals surface area (Å²) in [5, 5.41) is 9.24. The molecule has 11 heteroatoms. The standard InChI is InChI=1S/C19H16F3N3O3S2/c20-19(21,22)14-4-2-6-17(10-14)30(27,28)24-15-5-1-3-13(9-15)18(26)25-7-8-29-12-16(25)11-23/h1-6,9-10,16,24H,7-8,12H2. The predicted octanol–water partition coefficient (Wildman–Crippen LogP) is 3.59. The summed E-state index contributed by atoms with van der Waals surface area (Å²) < 4.78 is 65.9. The number of nitrogens with zero attached hydrogens (tertiary/aromatic N) is 2. The van der Waals surface area contributed by atoms with E-state index in [4.69, 9.17) is 0 Å². The molecule has 0 aromatic heterocycles. The fourth-order valence-corrected chi connectivity index (χ4v) is 4.95. The maximum absolute atomic E-state index is 12.9. The Bertz CT molecular complexity index is 1100. The van der Waals surface area contributed by atoms with Crippen molar-refractivity contribution in [2.24, 2.45) is 0 Å². The number of sulfonamides is 1. The van der Waals surface area contributed by atoms with Crippen molar-refractivity contribution in [1.29, 1.82) is 5.26 Å². The molecule has 0 spiro atoms. The molecule has 1 amide bonds. The third kappa shape index (κ3) is 4.88. The number of thioether (sulfide) groups is 1. The number of amides is 1. The highest BCUT2D eigenvalue weighted by Gasteiger charge is 2.32. The van der Waals surface area contributed by atoms with Crippen molar-refractivity contribution < 1.29 is 26.4 Å². The van der Waals surface area contributed by atoms with E-state index >= 15 is 0 Å². The molecule has 1 N–H and O–H groups in total. The van der Waals surface area contributed by atoms with Crippen LogP contribution in [0.25, 0.3) is 0 Å². The summed E-state index contributed by atoms with van der Waals surface area (Å²) >= 11 is 1.57. The second-order valence-corrected chi connectivity index (χ2v) is 9.26. The lowest BCUT2D eigenvalue weighted by molar-refractivity contribution is -0.137. The van der Waals surface area contributed by atoms with Crippen LogP contribution < -0.4 is 4.72 Å². The molecule has 158 valence electrons. The Labute approximate surface area is 175 Å². The van der Waals surface area contributed by atoms with Crippen LogP contribution in [0.3, 0.4) is 0 Å². The lowest BCUT2D eigenvalue weighted by Gasteiger charge is -2.31. The van der Waals surface area contributed by atoms with Gasteiger partial charge in [0.25, 0.3) is 15.9 Å². The van der Waals surface area contributed by atoms with Crippen molar-refractivity contribution in [3.63, 3.8) is 0 Å². The van der Waals surface area contributed by atoms with Crippen LogP contribution in [0, 0.1) is 11.3 Å². The van der Waals surface area contributed by atoms with Crippen LogP contribution in [0.4, 0.5) is 18.9 Å². The summed E-state index contributed by atoms with van der Waals surface area (Å²) in [6.45, 7) is 0.391. The van der Waals surface area contributed by atoms with Crippen LogP contribution >= 0.6 is 11.8 Å². The molecule has 6 nitrogen and oxygen atoms in total. The van der Waals surface area contributed by atoms with Gasteiger partial charge in [0.2, 0.25) is 0 Å². The highest BCUT2D eigenvalue weighted by Crippen LogP contribution is 2.31. The molecular weight excluding hydrogens is 439 g/mol. The summed E-state index contributed by atoms with van der Waals surface area (Å²) in [4.78, 5) is 13.7. The average molecular weight is 455 g/mol. The number of benzene rings is 2. The monoisotopic (exact) mass is 455 g/mol. The maximum Gasteiger partial charge on any atom is 0.416 e. The van der Waals surface area contributed by atoms with E-state index < -0.39 is 38.6 Å². The molecule has 3 rings (SSSR count). The molecule has 0 bridgehead atoms. The van der Waals surface area contributed by atoms with Gasteiger partial charge in [0.1, 0.15) is 6.04 Å². The van der Waals surface area contributed by atoms with Crippen molar-refractivity contribution in [3.05, 3.63) is 59.7 Å². The van der Waals surface area contributed by atoms with Gasteiger partial charge in [-0.25, -0.2) is 8.42 Å². The van der Waals surface area contributed by atoms with E-state index in [-0.39, 0.29) is 11.3 Å².